The molecule has 0 saturated carbocycles. The van der Waals surface area contributed by atoms with E-state index in [0.717, 1.165) is 29.4 Å². The molecule has 0 aliphatic heterocycles. The standard InChI is InChI=1S/C19H23N5O2/c1-4-5-10-24-18(21-22-23-24)12-26-19(25)15-11-17(13(2)3)20-16-9-7-6-8-14(15)16/h6-9,11,13H,4-5,10,12H2,1-3H3. The molecular weight excluding hydrogens is 330 g/mol. The molecule has 2 aromatic heterocycles. The molecule has 0 bridgehead atoms. The number of nitrogens with zero attached hydrogens (tertiary/aromatic N) is 5. The summed E-state index contributed by atoms with van der Waals surface area (Å²) in [6.45, 7) is 6.96. The fourth-order valence-electron chi connectivity index (χ4n) is 2.68. The molecule has 1 aromatic carbocycles. The zero-order valence-electron chi connectivity index (χ0n) is 15.3. The molecule has 0 unspecified atom stereocenters. The summed E-state index contributed by atoms with van der Waals surface area (Å²) in [6.07, 6.45) is 2.01. The molecule has 2 heterocycles. The maximum atomic E-state index is 12.7. The van der Waals surface area contributed by atoms with Crippen LogP contribution in [0.2, 0.25) is 0 Å². The highest BCUT2D eigenvalue weighted by Crippen LogP contribution is 2.23. The van der Waals surface area contributed by atoms with Crippen molar-refractivity contribution in [2.45, 2.75) is 52.7 Å². The fraction of sp³-hybridized carbons (Fsp3) is 0.421. The Morgan fingerprint density at radius 3 is 2.85 bits per heavy atom. The maximum absolute atomic E-state index is 12.7. The lowest BCUT2D eigenvalue weighted by atomic mass is 10.0. The number of aromatic nitrogens is 5. The van der Waals surface area contributed by atoms with Crippen molar-refractivity contribution in [3.05, 3.63) is 47.4 Å². The predicted octanol–water partition coefficient (Wildman–Crippen LogP) is 3.50. The van der Waals surface area contributed by atoms with Crippen molar-refractivity contribution in [3.8, 4) is 0 Å². The van der Waals surface area contributed by atoms with E-state index >= 15 is 0 Å². The molecule has 136 valence electrons. The van der Waals surface area contributed by atoms with Gasteiger partial charge in [-0.3, -0.25) is 4.98 Å². The van der Waals surface area contributed by atoms with Gasteiger partial charge >= 0.3 is 5.97 Å². The quantitative estimate of drug-likeness (QED) is 0.605. The minimum Gasteiger partial charge on any atom is -0.454 e. The Morgan fingerprint density at radius 2 is 2.08 bits per heavy atom. The Hall–Kier alpha value is -2.83. The lowest BCUT2D eigenvalue weighted by molar-refractivity contribution is 0.0458. The highest BCUT2D eigenvalue weighted by Gasteiger charge is 2.17. The lowest BCUT2D eigenvalue weighted by Gasteiger charge is -2.11. The van der Waals surface area contributed by atoms with E-state index in [2.05, 4.69) is 27.4 Å². The summed E-state index contributed by atoms with van der Waals surface area (Å²) in [6, 6.07) is 9.41. The number of benzene rings is 1. The van der Waals surface area contributed by atoms with E-state index in [9.17, 15) is 4.79 Å². The third kappa shape index (κ3) is 3.87. The van der Waals surface area contributed by atoms with Crippen LogP contribution in [0, 0.1) is 0 Å². The van der Waals surface area contributed by atoms with Gasteiger partial charge in [-0.2, -0.15) is 0 Å². The van der Waals surface area contributed by atoms with Gasteiger partial charge in [0.05, 0.1) is 11.1 Å². The summed E-state index contributed by atoms with van der Waals surface area (Å²) in [4.78, 5) is 17.4. The highest BCUT2D eigenvalue weighted by molar-refractivity contribution is 6.03. The van der Waals surface area contributed by atoms with Crippen LogP contribution in [0.4, 0.5) is 0 Å². The Morgan fingerprint density at radius 1 is 1.27 bits per heavy atom. The number of carbonyl (C=O) groups excluding carboxylic acids is 1. The van der Waals surface area contributed by atoms with Crippen LogP contribution in [0.5, 0.6) is 0 Å². The first-order valence-electron chi connectivity index (χ1n) is 8.92. The van der Waals surface area contributed by atoms with E-state index in [4.69, 9.17) is 4.74 Å². The summed E-state index contributed by atoms with van der Waals surface area (Å²) in [5.74, 6) is 0.372. The van der Waals surface area contributed by atoms with Crippen molar-refractivity contribution in [1.29, 1.82) is 0 Å². The van der Waals surface area contributed by atoms with Crippen molar-refractivity contribution in [3.63, 3.8) is 0 Å². The maximum Gasteiger partial charge on any atom is 0.339 e. The first-order valence-corrected chi connectivity index (χ1v) is 8.92. The van der Waals surface area contributed by atoms with Gasteiger partial charge in [0.2, 0.25) is 0 Å². The second kappa shape index (κ2) is 8.03. The molecule has 0 aliphatic rings. The van der Waals surface area contributed by atoms with Gasteiger partial charge in [0.25, 0.3) is 0 Å². The van der Waals surface area contributed by atoms with Crippen LogP contribution in [-0.4, -0.2) is 31.2 Å². The topological polar surface area (TPSA) is 82.8 Å². The lowest BCUT2D eigenvalue weighted by Crippen LogP contribution is -2.12. The zero-order chi connectivity index (χ0) is 18.5. The number of fused-ring (bicyclic) bond motifs is 1. The number of aryl methyl sites for hydroxylation is 1. The molecule has 0 saturated heterocycles. The summed E-state index contributed by atoms with van der Waals surface area (Å²) in [5.41, 5.74) is 2.17. The Balaban J connectivity index is 1.83. The monoisotopic (exact) mass is 353 g/mol. The van der Waals surface area contributed by atoms with Gasteiger partial charge in [0, 0.05) is 17.6 Å². The molecular formula is C19H23N5O2. The largest absolute Gasteiger partial charge is 0.454 e. The number of tetrazole rings is 1. The number of unbranched alkanes of at least 4 members (excludes halogenated alkanes) is 1. The second-order valence-corrected chi connectivity index (χ2v) is 6.51. The molecule has 7 nitrogen and oxygen atoms in total. The summed E-state index contributed by atoms with van der Waals surface area (Å²) in [5, 5.41) is 12.4. The van der Waals surface area contributed by atoms with Crippen molar-refractivity contribution < 1.29 is 9.53 Å². The fourth-order valence-corrected chi connectivity index (χ4v) is 2.68. The Labute approximate surface area is 152 Å². The van der Waals surface area contributed by atoms with Crippen LogP contribution in [-0.2, 0) is 17.9 Å². The molecule has 0 radical (unpaired) electrons. The molecule has 7 heteroatoms. The van der Waals surface area contributed by atoms with E-state index < -0.39 is 5.97 Å². The molecule has 0 atom stereocenters. The normalized spacial score (nSPS) is 11.2. The zero-order valence-corrected chi connectivity index (χ0v) is 15.3. The minimum atomic E-state index is -0.393. The van der Waals surface area contributed by atoms with Crippen LogP contribution in [0.15, 0.2) is 30.3 Å². The van der Waals surface area contributed by atoms with Crippen LogP contribution in [0.3, 0.4) is 0 Å². The number of hydrogen-bond acceptors (Lipinski definition) is 6. The van der Waals surface area contributed by atoms with Crippen LogP contribution in [0.25, 0.3) is 10.9 Å². The van der Waals surface area contributed by atoms with E-state index in [-0.39, 0.29) is 12.5 Å². The smallest absolute Gasteiger partial charge is 0.339 e. The highest BCUT2D eigenvalue weighted by atomic mass is 16.5. The first kappa shape index (κ1) is 18.0. The molecule has 0 N–H and O–H groups in total. The Kier molecular flexibility index (Phi) is 5.55. The number of hydrogen-bond donors (Lipinski definition) is 0. The van der Waals surface area contributed by atoms with E-state index in [0.29, 0.717) is 17.9 Å². The van der Waals surface area contributed by atoms with Crippen LogP contribution < -0.4 is 0 Å². The third-order valence-electron chi connectivity index (χ3n) is 4.21. The molecule has 0 fully saturated rings. The third-order valence-corrected chi connectivity index (χ3v) is 4.21. The summed E-state index contributed by atoms with van der Waals surface area (Å²) < 4.78 is 7.19. The number of carbonyl (C=O) groups is 1. The summed E-state index contributed by atoms with van der Waals surface area (Å²) in [7, 11) is 0. The van der Waals surface area contributed by atoms with Crippen molar-refractivity contribution in [1.82, 2.24) is 25.2 Å². The molecule has 0 aliphatic carbocycles. The van der Waals surface area contributed by atoms with E-state index in [1.54, 1.807) is 4.68 Å². The molecule has 0 spiro atoms. The van der Waals surface area contributed by atoms with Crippen molar-refractivity contribution in [2.24, 2.45) is 0 Å². The number of pyridine rings is 1. The molecule has 3 rings (SSSR count). The van der Waals surface area contributed by atoms with Gasteiger partial charge in [-0.1, -0.05) is 45.4 Å². The van der Waals surface area contributed by atoms with Gasteiger partial charge in [-0.15, -0.1) is 5.10 Å². The van der Waals surface area contributed by atoms with Crippen LogP contribution in [0.1, 0.15) is 61.4 Å². The second-order valence-electron chi connectivity index (χ2n) is 6.51. The number of ether oxygens (including phenoxy) is 1. The van der Waals surface area contributed by atoms with E-state index in [1.165, 1.54) is 0 Å². The Bertz CT molecular complexity index is 904. The minimum absolute atomic E-state index is 0.0449. The van der Waals surface area contributed by atoms with Gasteiger partial charge in [-0.25, -0.2) is 9.48 Å². The number of rotatable bonds is 7. The summed E-state index contributed by atoms with van der Waals surface area (Å²) >= 11 is 0. The van der Waals surface area contributed by atoms with Crippen LogP contribution >= 0.6 is 0 Å². The number of esters is 1. The van der Waals surface area contributed by atoms with Gasteiger partial charge in [0.15, 0.2) is 12.4 Å². The molecule has 26 heavy (non-hydrogen) atoms. The molecule has 3 aromatic rings. The SMILES string of the molecule is CCCCn1nnnc1COC(=O)c1cc(C(C)C)nc2ccccc12. The van der Waals surface area contributed by atoms with Crippen molar-refractivity contribution >= 4 is 16.9 Å². The van der Waals surface area contributed by atoms with Gasteiger partial charge in [-0.05, 0) is 34.9 Å². The van der Waals surface area contributed by atoms with Crippen molar-refractivity contribution in [2.75, 3.05) is 0 Å². The number of para-hydroxylation sites is 1. The first-order chi connectivity index (χ1) is 12.6. The predicted molar refractivity (Wildman–Crippen MR) is 97.7 cm³/mol. The molecule has 0 amide bonds. The average Bonchev–Trinajstić information content (AvgIpc) is 3.10. The van der Waals surface area contributed by atoms with E-state index in [1.807, 2.05) is 44.2 Å². The van der Waals surface area contributed by atoms with Gasteiger partial charge < -0.3 is 4.74 Å². The average molecular weight is 353 g/mol. The van der Waals surface area contributed by atoms with Gasteiger partial charge in [0.1, 0.15) is 0 Å².